The first kappa shape index (κ1) is 22.1. The topological polar surface area (TPSA) is 131 Å². The average molecular weight is 461 g/mol. The summed E-state index contributed by atoms with van der Waals surface area (Å²) < 4.78 is 38.7. The van der Waals surface area contributed by atoms with Crippen LogP contribution in [0.2, 0.25) is 0 Å². The number of para-hydroxylation sites is 2. The molecule has 1 saturated heterocycles. The van der Waals surface area contributed by atoms with Gasteiger partial charge in [0.1, 0.15) is 5.75 Å². The van der Waals surface area contributed by atoms with E-state index in [9.17, 15) is 23.1 Å². The third-order valence-electron chi connectivity index (χ3n) is 5.21. The first-order valence-corrected chi connectivity index (χ1v) is 11.6. The van der Waals surface area contributed by atoms with Gasteiger partial charge in [0, 0.05) is 26.1 Å². The molecule has 0 aliphatic carbocycles. The highest BCUT2D eigenvalue weighted by atomic mass is 32.2. The smallest absolute Gasteiger partial charge is 0.419 e. The number of anilines is 1. The lowest BCUT2D eigenvalue weighted by Gasteiger charge is -2.26. The molecule has 2 heterocycles. The minimum Gasteiger partial charge on any atom is -0.506 e. The second-order valence-corrected chi connectivity index (χ2v) is 9.27. The summed E-state index contributed by atoms with van der Waals surface area (Å²) in [5, 5.41) is 12.6. The van der Waals surface area contributed by atoms with E-state index in [1.807, 2.05) is 0 Å². The molecule has 3 aromatic rings. The highest BCUT2D eigenvalue weighted by Crippen LogP contribution is 2.28. The van der Waals surface area contributed by atoms with E-state index < -0.39 is 21.7 Å². The fourth-order valence-electron chi connectivity index (χ4n) is 3.55. The van der Waals surface area contributed by atoms with E-state index in [0.717, 1.165) is 0 Å². The van der Waals surface area contributed by atoms with Gasteiger partial charge in [-0.1, -0.05) is 12.1 Å². The molecular weight excluding hydrogens is 438 g/mol. The summed E-state index contributed by atoms with van der Waals surface area (Å²) in [6.07, 6.45) is 0.410. The lowest BCUT2D eigenvalue weighted by molar-refractivity contribution is -0.116. The summed E-state index contributed by atoms with van der Waals surface area (Å²) in [4.78, 5) is 24.4. The lowest BCUT2D eigenvalue weighted by atomic mass is 10.2. The quantitative estimate of drug-likeness (QED) is 0.512. The van der Waals surface area contributed by atoms with Crippen LogP contribution in [-0.2, 0) is 26.1 Å². The van der Waals surface area contributed by atoms with Crippen LogP contribution in [0.25, 0.3) is 11.1 Å². The first-order chi connectivity index (χ1) is 15.4. The number of sulfonamides is 1. The maximum Gasteiger partial charge on any atom is 0.419 e. The number of aromatic hydroxyl groups is 1. The summed E-state index contributed by atoms with van der Waals surface area (Å²) in [6.45, 7) is 1.40. The fraction of sp³-hybridized carbons (Fsp3) is 0.333. The van der Waals surface area contributed by atoms with Gasteiger partial charge < -0.3 is 19.6 Å². The number of hydrogen-bond donors (Lipinski definition) is 2. The zero-order chi connectivity index (χ0) is 22.7. The Balaban J connectivity index is 1.41. The van der Waals surface area contributed by atoms with Gasteiger partial charge in [-0.05, 0) is 36.8 Å². The summed E-state index contributed by atoms with van der Waals surface area (Å²) in [5.74, 6) is -1.15. The highest BCUT2D eigenvalue weighted by molar-refractivity contribution is 7.89. The lowest BCUT2D eigenvalue weighted by Crippen LogP contribution is -2.40. The van der Waals surface area contributed by atoms with Crippen LogP contribution in [0.3, 0.4) is 0 Å². The zero-order valence-corrected chi connectivity index (χ0v) is 18.0. The molecule has 0 saturated carbocycles. The minimum absolute atomic E-state index is 0.00950. The number of hydrogen-bond acceptors (Lipinski definition) is 7. The number of nitrogens with one attached hydrogen (secondary N) is 1. The largest absolute Gasteiger partial charge is 0.506 e. The Morgan fingerprint density at radius 2 is 1.88 bits per heavy atom. The molecule has 2 N–H and O–H groups in total. The molecule has 1 fully saturated rings. The Labute approximate surface area is 184 Å². The second kappa shape index (κ2) is 9.15. The van der Waals surface area contributed by atoms with Crippen LogP contribution >= 0.6 is 0 Å². The maximum atomic E-state index is 12.8. The number of rotatable bonds is 7. The van der Waals surface area contributed by atoms with Crippen LogP contribution in [0, 0.1) is 0 Å². The van der Waals surface area contributed by atoms with Crippen molar-refractivity contribution in [2.45, 2.75) is 24.3 Å². The van der Waals surface area contributed by atoms with Gasteiger partial charge >= 0.3 is 5.76 Å². The van der Waals surface area contributed by atoms with Crippen molar-refractivity contribution in [3.63, 3.8) is 0 Å². The normalized spacial score (nSPS) is 15.1. The maximum absolute atomic E-state index is 12.8. The number of aryl methyl sites for hydroxylation is 1. The number of ether oxygens (including phenoxy) is 1. The van der Waals surface area contributed by atoms with Crippen molar-refractivity contribution in [1.82, 2.24) is 8.87 Å². The van der Waals surface area contributed by atoms with E-state index in [4.69, 9.17) is 9.15 Å². The molecule has 1 amide bonds. The summed E-state index contributed by atoms with van der Waals surface area (Å²) in [5.41, 5.74) is 1.14. The highest BCUT2D eigenvalue weighted by Gasteiger charge is 2.27. The van der Waals surface area contributed by atoms with E-state index in [1.165, 1.54) is 27.1 Å². The van der Waals surface area contributed by atoms with Crippen molar-refractivity contribution in [1.29, 1.82) is 0 Å². The number of fused-ring (bicyclic) bond motifs is 1. The molecule has 10 nitrogen and oxygen atoms in total. The Bertz CT molecular complexity index is 1290. The number of aromatic nitrogens is 1. The molecule has 0 bridgehead atoms. The molecule has 0 radical (unpaired) electrons. The van der Waals surface area contributed by atoms with Crippen molar-refractivity contribution < 1.29 is 27.5 Å². The van der Waals surface area contributed by atoms with E-state index in [-0.39, 0.29) is 42.4 Å². The van der Waals surface area contributed by atoms with E-state index in [1.54, 1.807) is 24.3 Å². The van der Waals surface area contributed by atoms with Crippen molar-refractivity contribution >= 4 is 32.7 Å². The first-order valence-electron chi connectivity index (χ1n) is 10.2. The van der Waals surface area contributed by atoms with Crippen molar-refractivity contribution in [2.24, 2.45) is 0 Å². The molecule has 2 aromatic carbocycles. The summed E-state index contributed by atoms with van der Waals surface area (Å²) >= 11 is 0. The molecule has 0 atom stereocenters. The van der Waals surface area contributed by atoms with Crippen LogP contribution in [0.1, 0.15) is 12.8 Å². The number of benzene rings is 2. The third kappa shape index (κ3) is 4.54. The third-order valence-corrected chi connectivity index (χ3v) is 7.10. The molecular formula is C21H23N3O7S. The second-order valence-electron chi connectivity index (χ2n) is 7.33. The summed E-state index contributed by atoms with van der Waals surface area (Å²) in [7, 11) is -3.77. The fourth-order valence-corrected chi connectivity index (χ4v) is 4.98. The predicted molar refractivity (Wildman–Crippen MR) is 116 cm³/mol. The van der Waals surface area contributed by atoms with Gasteiger partial charge in [0.25, 0.3) is 0 Å². The van der Waals surface area contributed by atoms with Crippen molar-refractivity contribution in [2.75, 3.05) is 31.6 Å². The van der Waals surface area contributed by atoms with Crippen molar-refractivity contribution in [3.8, 4) is 5.75 Å². The standard InChI is InChI=1S/C21H23N3O7S/c25-18-8-7-15(32(28,29)23-10-12-30-13-11-23)14-16(18)22-20(26)6-3-9-24-17-4-1-2-5-19(17)31-21(24)27/h1-2,4-5,7-8,14,25H,3,6,9-13H2,(H,22,26). The molecule has 1 aromatic heterocycles. The molecule has 1 aliphatic rings. The number of oxazole rings is 1. The van der Waals surface area contributed by atoms with Crippen LogP contribution < -0.4 is 11.1 Å². The number of phenols is 1. The van der Waals surface area contributed by atoms with Gasteiger partial charge in [0.2, 0.25) is 15.9 Å². The molecule has 0 spiro atoms. The van der Waals surface area contributed by atoms with Gasteiger partial charge in [-0.3, -0.25) is 9.36 Å². The SMILES string of the molecule is O=C(CCCn1c(=O)oc2ccccc21)Nc1cc(S(=O)(=O)N2CCOCC2)ccc1O. The number of nitrogens with zero attached hydrogens (tertiary/aromatic N) is 2. The van der Waals surface area contributed by atoms with Crippen LogP contribution in [0.5, 0.6) is 5.75 Å². The Hall–Kier alpha value is -3.15. The number of phenolic OH excluding ortho intramolecular Hbond substituents is 1. The molecule has 4 rings (SSSR count). The Kier molecular flexibility index (Phi) is 6.31. The number of carbonyl (C=O) groups excluding carboxylic acids is 1. The zero-order valence-electron chi connectivity index (χ0n) is 17.2. The molecule has 32 heavy (non-hydrogen) atoms. The number of carbonyl (C=O) groups is 1. The molecule has 0 unspecified atom stereocenters. The molecule has 11 heteroatoms. The number of amides is 1. The van der Waals surface area contributed by atoms with Crippen LogP contribution in [0.15, 0.2) is 56.6 Å². The van der Waals surface area contributed by atoms with E-state index >= 15 is 0 Å². The van der Waals surface area contributed by atoms with Crippen LogP contribution in [0.4, 0.5) is 5.69 Å². The van der Waals surface area contributed by atoms with E-state index in [0.29, 0.717) is 30.7 Å². The monoisotopic (exact) mass is 461 g/mol. The Morgan fingerprint density at radius 3 is 2.66 bits per heavy atom. The van der Waals surface area contributed by atoms with Gasteiger partial charge in [0.05, 0.1) is 29.3 Å². The minimum atomic E-state index is -3.77. The molecule has 170 valence electrons. The molecule has 1 aliphatic heterocycles. The van der Waals surface area contributed by atoms with Gasteiger partial charge in [-0.2, -0.15) is 4.31 Å². The average Bonchev–Trinajstić information content (AvgIpc) is 3.11. The van der Waals surface area contributed by atoms with Gasteiger partial charge in [0.15, 0.2) is 5.58 Å². The van der Waals surface area contributed by atoms with E-state index in [2.05, 4.69) is 5.32 Å². The van der Waals surface area contributed by atoms with Crippen molar-refractivity contribution in [3.05, 3.63) is 53.0 Å². The summed E-state index contributed by atoms with van der Waals surface area (Å²) in [6, 6.07) is 10.8. The Morgan fingerprint density at radius 1 is 1.12 bits per heavy atom. The van der Waals surface area contributed by atoms with Crippen LogP contribution in [-0.4, -0.2) is 54.6 Å². The van der Waals surface area contributed by atoms with Gasteiger partial charge in [-0.25, -0.2) is 13.2 Å². The number of morpholine rings is 1. The van der Waals surface area contributed by atoms with Gasteiger partial charge in [-0.15, -0.1) is 0 Å². The predicted octanol–water partition coefficient (Wildman–Crippen LogP) is 1.74.